The van der Waals surface area contributed by atoms with Crippen molar-refractivity contribution in [2.45, 2.75) is 17.6 Å². The van der Waals surface area contributed by atoms with Crippen LogP contribution < -0.4 is 4.90 Å². The topological polar surface area (TPSA) is 63.7 Å². The number of carbonyl (C=O) groups is 1. The molecule has 144 valence electrons. The molecule has 2 aromatic carbocycles. The van der Waals surface area contributed by atoms with Crippen LogP contribution >= 0.6 is 0 Å². The lowest BCUT2D eigenvalue weighted by molar-refractivity contribution is -0.137. The van der Waals surface area contributed by atoms with Gasteiger partial charge in [0.05, 0.1) is 34.6 Å². The molecule has 0 atom stereocenters. The monoisotopic (exact) mass is 399 g/mol. The highest BCUT2D eigenvalue weighted by Crippen LogP contribution is 2.33. The second-order valence-corrected chi connectivity index (χ2v) is 8.19. The van der Waals surface area contributed by atoms with E-state index in [1.54, 1.807) is 4.90 Å². The Hall–Kier alpha value is -2.55. The van der Waals surface area contributed by atoms with Gasteiger partial charge in [-0.2, -0.15) is 13.2 Å². The van der Waals surface area contributed by atoms with Gasteiger partial charge < -0.3 is 9.64 Å². The lowest BCUT2D eigenvalue weighted by Crippen LogP contribution is -2.35. The fraction of sp³-hybridized carbons (Fsp3) is 0.278. The van der Waals surface area contributed by atoms with Crippen molar-refractivity contribution in [1.82, 2.24) is 0 Å². The summed E-state index contributed by atoms with van der Waals surface area (Å²) in [6, 6.07) is 8.86. The largest absolute Gasteiger partial charge is 0.465 e. The molecule has 0 spiro atoms. The maximum absolute atomic E-state index is 12.7. The third-order valence-corrected chi connectivity index (χ3v) is 6.08. The van der Waals surface area contributed by atoms with Crippen molar-refractivity contribution >= 4 is 21.5 Å². The zero-order chi connectivity index (χ0) is 19.8. The summed E-state index contributed by atoms with van der Waals surface area (Å²) in [5.74, 6) is -0.715. The SMILES string of the molecule is COC(=O)c1ccc2c(c1)N(Cc1ccc(C(F)(F)F)cc1)CCS2(=O)=O. The summed E-state index contributed by atoms with van der Waals surface area (Å²) in [6.07, 6.45) is -4.42. The van der Waals surface area contributed by atoms with E-state index in [1.807, 2.05) is 0 Å². The first-order valence-corrected chi connectivity index (χ1v) is 9.63. The number of benzene rings is 2. The van der Waals surface area contributed by atoms with E-state index in [0.717, 1.165) is 12.1 Å². The molecule has 27 heavy (non-hydrogen) atoms. The Balaban J connectivity index is 1.95. The van der Waals surface area contributed by atoms with Gasteiger partial charge in [-0.1, -0.05) is 12.1 Å². The van der Waals surface area contributed by atoms with Gasteiger partial charge in [-0.15, -0.1) is 0 Å². The van der Waals surface area contributed by atoms with Crippen LogP contribution in [0.5, 0.6) is 0 Å². The van der Waals surface area contributed by atoms with E-state index >= 15 is 0 Å². The van der Waals surface area contributed by atoms with Crippen LogP contribution in [0.1, 0.15) is 21.5 Å². The predicted octanol–water partition coefficient (Wildman–Crippen LogP) is 3.29. The number of rotatable bonds is 3. The minimum Gasteiger partial charge on any atom is -0.465 e. The van der Waals surface area contributed by atoms with Crippen molar-refractivity contribution in [1.29, 1.82) is 0 Å². The highest BCUT2D eigenvalue weighted by molar-refractivity contribution is 7.91. The summed E-state index contributed by atoms with van der Waals surface area (Å²) in [6.45, 7) is 0.381. The van der Waals surface area contributed by atoms with E-state index in [-0.39, 0.29) is 29.3 Å². The molecule has 0 aliphatic carbocycles. The first kappa shape index (κ1) is 19.2. The van der Waals surface area contributed by atoms with Crippen molar-refractivity contribution < 1.29 is 31.1 Å². The highest BCUT2D eigenvalue weighted by Gasteiger charge is 2.31. The van der Waals surface area contributed by atoms with E-state index in [9.17, 15) is 26.4 Å². The van der Waals surface area contributed by atoms with Crippen LogP contribution in [0, 0.1) is 0 Å². The Bertz CT molecular complexity index is 969. The van der Waals surface area contributed by atoms with E-state index < -0.39 is 27.5 Å². The Labute approximate surface area is 154 Å². The number of hydrogen-bond donors (Lipinski definition) is 0. The standard InChI is InChI=1S/C18H16F3NO4S/c1-26-17(23)13-4-7-16-15(10-13)22(8-9-27(16,24)25)11-12-2-5-14(6-3-12)18(19,20)21/h2-7,10H,8-9,11H2,1H3. The van der Waals surface area contributed by atoms with Crippen LogP contribution in [0.15, 0.2) is 47.4 Å². The first-order valence-electron chi connectivity index (χ1n) is 7.98. The number of anilines is 1. The number of fused-ring (bicyclic) bond motifs is 1. The molecule has 3 rings (SSSR count). The van der Waals surface area contributed by atoms with Gasteiger partial charge in [0.25, 0.3) is 0 Å². The molecule has 1 aliphatic rings. The van der Waals surface area contributed by atoms with Gasteiger partial charge in [0.1, 0.15) is 0 Å². The Morgan fingerprint density at radius 2 is 1.81 bits per heavy atom. The van der Waals surface area contributed by atoms with E-state index in [2.05, 4.69) is 4.74 Å². The number of methoxy groups -OCH3 is 1. The normalized spacial score (nSPS) is 15.9. The van der Waals surface area contributed by atoms with Crippen molar-refractivity contribution in [3.05, 3.63) is 59.2 Å². The second-order valence-electron chi connectivity index (χ2n) is 6.11. The fourth-order valence-corrected chi connectivity index (χ4v) is 4.38. The van der Waals surface area contributed by atoms with Gasteiger partial charge >= 0.3 is 12.1 Å². The van der Waals surface area contributed by atoms with Crippen LogP contribution in [0.4, 0.5) is 18.9 Å². The molecular weight excluding hydrogens is 383 g/mol. The second kappa shape index (κ2) is 6.88. The lowest BCUT2D eigenvalue weighted by Gasteiger charge is -2.31. The summed E-state index contributed by atoms with van der Waals surface area (Å²) in [5.41, 5.74) is 0.382. The molecule has 0 saturated heterocycles. The molecule has 1 aliphatic heterocycles. The average molecular weight is 399 g/mol. The molecule has 1 heterocycles. The summed E-state index contributed by atoms with van der Waals surface area (Å²) >= 11 is 0. The number of carbonyl (C=O) groups excluding carboxylic acids is 1. The van der Waals surface area contributed by atoms with Crippen molar-refractivity contribution in [3.8, 4) is 0 Å². The number of alkyl halides is 3. The van der Waals surface area contributed by atoms with Gasteiger partial charge in [0.15, 0.2) is 9.84 Å². The summed E-state index contributed by atoms with van der Waals surface area (Å²) < 4.78 is 67.4. The molecule has 5 nitrogen and oxygen atoms in total. The molecule has 0 aromatic heterocycles. The predicted molar refractivity (Wildman–Crippen MR) is 92.3 cm³/mol. The van der Waals surface area contributed by atoms with Gasteiger partial charge in [-0.3, -0.25) is 0 Å². The van der Waals surface area contributed by atoms with Crippen LogP contribution in [0.2, 0.25) is 0 Å². The van der Waals surface area contributed by atoms with Crippen molar-refractivity contribution in [3.63, 3.8) is 0 Å². The minimum atomic E-state index is -4.42. The zero-order valence-corrected chi connectivity index (χ0v) is 15.1. The smallest absolute Gasteiger partial charge is 0.416 e. The highest BCUT2D eigenvalue weighted by atomic mass is 32.2. The molecule has 0 unspecified atom stereocenters. The fourth-order valence-electron chi connectivity index (χ4n) is 2.92. The Morgan fingerprint density at radius 3 is 2.41 bits per heavy atom. The minimum absolute atomic E-state index is 0.0910. The van der Waals surface area contributed by atoms with Gasteiger partial charge in [-0.05, 0) is 35.9 Å². The third-order valence-electron chi connectivity index (χ3n) is 4.34. The zero-order valence-electron chi connectivity index (χ0n) is 14.3. The number of ether oxygens (including phenoxy) is 1. The molecule has 9 heteroatoms. The maximum atomic E-state index is 12.7. The molecular formula is C18H16F3NO4S. The molecule has 0 fully saturated rings. The number of sulfone groups is 1. The van der Waals surface area contributed by atoms with Gasteiger partial charge in [0, 0.05) is 13.1 Å². The summed E-state index contributed by atoms with van der Waals surface area (Å²) in [7, 11) is -2.26. The Morgan fingerprint density at radius 1 is 1.15 bits per heavy atom. The Kier molecular flexibility index (Phi) is 4.90. The summed E-state index contributed by atoms with van der Waals surface area (Å²) in [4.78, 5) is 13.6. The van der Waals surface area contributed by atoms with E-state index in [4.69, 9.17) is 0 Å². The van der Waals surface area contributed by atoms with Crippen LogP contribution in [-0.4, -0.2) is 33.8 Å². The van der Waals surface area contributed by atoms with Gasteiger partial charge in [0.2, 0.25) is 0 Å². The van der Waals surface area contributed by atoms with Crippen LogP contribution in [-0.2, 0) is 27.3 Å². The number of halogens is 3. The number of hydrogen-bond acceptors (Lipinski definition) is 5. The van der Waals surface area contributed by atoms with E-state index in [0.29, 0.717) is 11.3 Å². The summed E-state index contributed by atoms with van der Waals surface area (Å²) in [5, 5.41) is 0. The molecule has 0 amide bonds. The van der Waals surface area contributed by atoms with Crippen molar-refractivity contribution in [2.75, 3.05) is 24.3 Å². The number of esters is 1. The first-order chi connectivity index (χ1) is 12.6. The van der Waals surface area contributed by atoms with Gasteiger partial charge in [-0.25, -0.2) is 13.2 Å². The third kappa shape index (κ3) is 3.92. The lowest BCUT2D eigenvalue weighted by atomic mass is 10.1. The number of nitrogens with zero attached hydrogens (tertiary/aromatic N) is 1. The average Bonchev–Trinajstić information content (AvgIpc) is 2.63. The van der Waals surface area contributed by atoms with Crippen LogP contribution in [0.3, 0.4) is 0 Å². The molecule has 0 saturated carbocycles. The van der Waals surface area contributed by atoms with Crippen molar-refractivity contribution in [2.24, 2.45) is 0 Å². The maximum Gasteiger partial charge on any atom is 0.416 e. The van der Waals surface area contributed by atoms with E-state index in [1.165, 1.54) is 37.4 Å². The molecule has 2 aromatic rings. The molecule has 0 bridgehead atoms. The molecule has 0 N–H and O–H groups in total. The quantitative estimate of drug-likeness (QED) is 0.742. The molecule has 0 radical (unpaired) electrons. The van der Waals surface area contributed by atoms with Crippen LogP contribution in [0.25, 0.3) is 0 Å².